The molecular formula is C14H15ClN6O4. The first-order valence-corrected chi connectivity index (χ1v) is 7.65. The Morgan fingerprint density at radius 1 is 1.64 bits per heavy atom. The molecule has 3 heterocycles. The van der Waals surface area contributed by atoms with Crippen LogP contribution in [0.15, 0.2) is 22.2 Å². The van der Waals surface area contributed by atoms with E-state index in [-0.39, 0.29) is 17.0 Å². The van der Waals surface area contributed by atoms with Gasteiger partial charge < -0.3 is 25.9 Å². The summed E-state index contributed by atoms with van der Waals surface area (Å²) < 4.78 is 7.19. The van der Waals surface area contributed by atoms with E-state index in [0.717, 1.165) is 0 Å². The van der Waals surface area contributed by atoms with Crippen molar-refractivity contribution in [1.82, 2.24) is 14.5 Å². The molecule has 25 heavy (non-hydrogen) atoms. The molecule has 132 valence electrons. The molecule has 10 nitrogen and oxygen atoms in total. The van der Waals surface area contributed by atoms with Crippen LogP contribution >= 0.6 is 11.6 Å². The minimum atomic E-state index is -1.66. The van der Waals surface area contributed by atoms with E-state index in [0.29, 0.717) is 0 Å². The Hall–Kier alpha value is -2.45. The van der Waals surface area contributed by atoms with E-state index in [2.05, 4.69) is 26.4 Å². The van der Waals surface area contributed by atoms with E-state index in [1.54, 1.807) is 0 Å². The molecular weight excluding hydrogens is 352 g/mol. The van der Waals surface area contributed by atoms with Gasteiger partial charge >= 0.3 is 0 Å². The molecule has 1 aliphatic heterocycles. The van der Waals surface area contributed by atoms with Crippen molar-refractivity contribution >= 4 is 28.6 Å². The van der Waals surface area contributed by atoms with Gasteiger partial charge in [0.05, 0.1) is 5.39 Å². The lowest BCUT2D eigenvalue weighted by Gasteiger charge is -2.28. The summed E-state index contributed by atoms with van der Waals surface area (Å²) >= 11 is 5.50. The highest BCUT2D eigenvalue weighted by molar-refractivity contribution is 6.30. The van der Waals surface area contributed by atoms with Crippen LogP contribution in [0.3, 0.4) is 0 Å². The van der Waals surface area contributed by atoms with Crippen LogP contribution in [0, 0.1) is 16.2 Å². The van der Waals surface area contributed by atoms with Crippen molar-refractivity contribution in [1.29, 1.82) is 0 Å². The molecule has 0 radical (unpaired) electrons. The van der Waals surface area contributed by atoms with Gasteiger partial charge in [0.2, 0.25) is 5.95 Å². The zero-order valence-electron chi connectivity index (χ0n) is 13.0. The molecule has 1 fully saturated rings. The molecule has 2 aromatic rings. The first kappa shape index (κ1) is 17.4. The molecule has 1 unspecified atom stereocenters. The van der Waals surface area contributed by atoms with Crippen LogP contribution < -0.4 is 17.0 Å². The third-order valence-corrected chi connectivity index (χ3v) is 4.35. The number of fused-ring (bicyclic) bond motifs is 1. The lowest BCUT2D eigenvalue weighted by molar-refractivity contribution is -0.0287. The van der Waals surface area contributed by atoms with Crippen LogP contribution in [0.5, 0.6) is 0 Å². The van der Waals surface area contributed by atoms with Crippen LogP contribution in [-0.4, -0.2) is 43.4 Å². The van der Waals surface area contributed by atoms with Gasteiger partial charge in [0, 0.05) is 11.6 Å². The van der Waals surface area contributed by atoms with Gasteiger partial charge in [-0.3, -0.25) is 9.78 Å². The van der Waals surface area contributed by atoms with Gasteiger partial charge in [-0.25, -0.2) is 0 Å². The lowest BCUT2D eigenvalue weighted by Crippen LogP contribution is -2.54. The first-order valence-electron chi connectivity index (χ1n) is 7.27. The Labute approximate surface area is 146 Å². The Balaban J connectivity index is 2.19. The second-order valence-corrected chi connectivity index (χ2v) is 6.00. The topological polar surface area (TPSA) is 162 Å². The fourth-order valence-electron chi connectivity index (χ4n) is 2.95. The standard InChI is InChI=1S/C14H15ClN6O4/c1-6(20-24)8-9(22)14(17,3-4-15)12(25-8)21-5-2-7-10(21)18-13(16)19-11(7)23/h2,5-6,8-9,12,22H,17H2,1H3,(H3,16,18,19,23)/t6-,8-,9?,12-,14-/m1/s1. The molecule has 0 amide bonds. The first-order chi connectivity index (χ1) is 11.8. The number of aliphatic hydroxyl groups excluding tert-OH is 1. The number of ether oxygens (including phenoxy) is 1. The number of hydrogen-bond acceptors (Lipinski definition) is 8. The van der Waals surface area contributed by atoms with E-state index >= 15 is 0 Å². The van der Waals surface area contributed by atoms with E-state index in [1.165, 1.54) is 23.8 Å². The highest BCUT2D eigenvalue weighted by atomic mass is 35.5. The average Bonchev–Trinajstić information content (AvgIpc) is 3.08. The highest BCUT2D eigenvalue weighted by Crippen LogP contribution is 2.39. The van der Waals surface area contributed by atoms with Crippen LogP contribution in [0.4, 0.5) is 5.95 Å². The summed E-state index contributed by atoms with van der Waals surface area (Å²) in [7, 11) is 0. The summed E-state index contributed by atoms with van der Waals surface area (Å²) in [5, 5.41) is 15.8. The van der Waals surface area contributed by atoms with Crippen molar-refractivity contribution in [2.45, 2.75) is 36.9 Å². The van der Waals surface area contributed by atoms with Gasteiger partial charge in [-0.05, 0) is 24.6 Å². The Morgan fingerprint density at radius 3 is 3.00 bits per heavy atom. The largest absolute Gasteiger partial charge is 0.387 e. The zero-order chi connectivity index (χ0) is 18.4. The minimum absolute atomic E-state index is 0.0958. The van der Waals surface area contributed by atoms with Crippen molar-refractivity contribution < 1.29 is 9.84 Å². The molecule has 11 heteroatoms. The Kier molecular flexibility index (Phi) is 4.26. The average molecular weight is 367 g/mol. The molecule has 1 aliphatic rings. The molecule has 0 spiro atoms. The minimum Gasteiger partial charge on any atom is -0.387 e. The van der Waals surface area contributed by atoms with Crippen molar-refractivity contribution in [3.63, 3.8) is 0 Å². The number of halogens is 1. The van der Waals surface area contributed by atoms with E-state index in [1.807, 2.05) is 0 Å². The number of nitrogen functional groups attached to an aromatic ring is 1. The number of anilines is 1. The number of nitrogens with zero attached hydrogens (tertiary/aromatic N) is 3. The SMILES string of the molecule is C[C@@H](N=O)[C@H]1O[C@@H](n2ccc3c(=O)[nH]c(N)nc32)[C@@](N)(C#CCl)C1O. The number of H-pyrrole nitrogens is 1. The molecule has 0 saturated carbocycles. The van der Waals surface area contributed by atoms with E-state index in [9.17, 15) is 14.8 Å². The smallest absolute Gasteiger partial charge is 0.261 e. The second kappa shape index (κ2) is 6.12. The van der Waals surface area contributed by atoms with E-state index in [4.69, 9.17) is 27.8 Å². The number of aromatic amines is 1. The molecule has 6 N–H and O–H groups in total. The van der Waals surface area contributed by atoms with Crippen LogP contribution in [0.25, 0.3) is 11.0 Å². The fourth-order valence-corrected chi connectivity index (χ4v) is 3.12. The number of hydrogen-bond donors (Lipinski definition) is 4. The molecule has 3 rings (SSSR count). The second-order valence-electron chi connectivity index (χ2n) is 5.81. The zero-order valence-corrected chi connectivity index (χ0v) is 13.8. The van der Waals surface area contributed by atoms with Gasteiger partial charge in [-0.1, -0.05) is 11.1 Å². The van der Waals surface area contributed by atoms with Crippen LogP contribution in [0.1, 0.15) is 13.2 Å². The maximum Gasteiger partial charge on any atom is 0.261 e. The quantitative estimate of drug-likeness (QED) is 0.425. The third kappa shape index (κ3) is 2.58. The molecule has 1 saturated heterocycles. The monoisotopic (exact) mass is 366 g/mol. The maximum absolute atomic E-state index is 12.0. The summed E-state index contributed by atoms with van der Waals surface area (Å²) in [6.07, 6.45) is -1.94. The predicted molar refractivity (Wildman–Crippen MR) is 90.5 cm³/mol. The number of nitroso groups, excluding NO2 is 1. The molecule has 0 aromatic carbocycles. The number of aliphatic hydroxyl groups is 1. The van der Waals surface area contributed by atoms with Gasteiger partial charge in [-0.15, -0.1) is 0 Å². The number of nitrogens with two attached hydrogens (primary N) is 2. The lowest BCUT2D eigenvalue weighted by atomic mass is 9.90. The summed E-state index contributed by atoms with van der Waals surface area (Å²) in [6.45, 7) is 1.48. The molecule has 0 aliphatic carbocycles. The summed E-state index contributed by atoms with van der Waals surface area (Å²) in [5.74, 6) is 2.42. The highest BCUT2D eigenvalue weighted by Gasteiger charge is 2.56. The Morgan fingerprint density at radius 2 is 2.36 bits per heavy atom. The fraction of sp³-hybridized carbons (Fsp3) is 0.429. The van der Waals surface area contributed by atoms with Gasteiger partial charge in [0.25, 0.3) is 5.56 Å². The van der Waals surface area contributed by atoms with Gasteiger partial charge in [-0.2, -0.15) is 9.89 Å². The van der Waals surface area contributed by atoms with Crippen molar-refractivity contribution in [2.24, 2.45) is 10.9 Å². The van der Waals surface area contributed by atoms with E-state index < -0.39 is 35.6 Å². The van der Waals surface area contributed by atoms with Crippen LogP contribution in [0.2, 0.25) is 0 Å². The molecule has 2 aromatic heterocycles. The number of aromatic nitrogens is 3. The Bertz CT molecular complexity index is 946. The summed E-state index contributed by atoms with van der Waals surface area (Å²) in [6, 6.07) is 0.614. The number of rotatable bonds is 3. The maximum atomic E-state index is 12.0. The van der Waals surface area contributed by atoms with Crippen LogP contribution in [-0.2, 0) is 4.74 Å². The van der Waals surface area contributed by atoms with Crippen molar-refractivity contribution in [2.75, 3.05) is 5.73 Å². The third-order valence-electron chi connectivity index (χ3n) is 4.25. The summed E-state index contributed by atoms with van der Waals surface area (Å²) in [4.78, 5) is 29.3. The number of nitrogens with one attached hydrogen (secondary N) is 1. The predicted octanol–water partition coefficient (Wildman–Crippen LogP) is -0.383. The molecule has 5 atom stereocenters. The van der Waals surface area contributed by atoms with Gasteiger partial charge in [0.15, 0.2) is 17.4 Å². The van der Waals surface area contributed by atoms with Crippen molar-refractivity contribution in [3.8, 4) is 11.3 Å². The summed E-state index contributed by atoms with van der Waals surface area (Å²) in [5.41, 5.74) is 9.95. The normalized spacial score (nSPS) is 30.0. The van der Waals surface area contributed by atoms with Crippen molar-refractivity contribution in [3.05, 3.63) is 27.5 Å². The van der Waals surface area contributed by atoms with Gasteiger partial charge in [0.1, 0.15) is 18.2 Å². The molecule has 0 bridgehead atoms.